The molecule has 0 fully saturated rings. The summed E-state index contributed by atoms with van der Waals surface area (Å²) in [5, 5.41) is 8.99. The maximum absolute atomic E-state index is 4.64. The standard InChI is InChI=1S/C22H18N8/c1-3-7-27-13-19(25-21(27)5-1)15-29-11-17(9-23-29)18-10-24-30(12-18)16-20-14-28-8-4-2-6-22(28)26-20/h1-14H,15-16H2. The number of imidazole rings is 2. The number of nitrogens with zero attached hydrogens (tertiary/aromatic N) is 8. The second kappa shape index (κ2) is 6.70. The van der Waals surface area contributed by atoms with Crippen LogP contribution in [-0.2, 0) is 13.1 Å². The van der Waals surface area contributed by atoms with Crippen molar-refractivity contribution in [1.29, 1.82) is 0 Å². The lowest BCUT2D eigenvalue weighted by Gasteiger charge is -1.97. The summed E-state index contributed by atoms with van der Waals surface area (Å²) in [7, 11) is 0. The van der Waals surface area contributed by atoms with Crippen LogP contribution in [0.1, 0.15) is 11.4 Å². The summed E-state index contributed by atoms with van der Waals surface area (Å²) >= 11 is 0. The molecule has 6 heterocycles. The summed E-state index contributed by atoms with van der Waals surface area (Å²) in [6.45, 7) is 1.24. The number of rotatable bonds is 5. The van der Waals surface area contributed by atoms with Gasteiger partial charge in [-0.15, -0.1) is 0 Å². The number of aromatic nitrogens is 8. The van der Waals surface area contributed by atoms with Crippen molar-refractivity contribution in [2.45, 2.75) is 13.1 Å². The maximum Gasteiger partial charge on any atom is 0.137 e. The zero-order chi connectivity index (χ0) is 19.9. The molecular weight excluding hydrogens is 376 g/mol. The molecule has 0 aliphatic heterocycles. The Hall–Kier alpha value is -4.20. The lowest BCUT2D eigenvalue weighted by Crippen LogP contribution is -2.00. The minimum absolute atomic E-state index is 0.622. The molecule has 0 unspecified atom stereocenters. The summed E-state index contributed by atoms with van der Waals surface area (Å²) in [6, 6.07) is 12.0. The Morgan fingerprint density at radius 1 is 0.600 bits per heavy atom. The third-order valence-electron chi connectivity index (χ3n) is 5.08. The first-order chi connectivity index (χ1) is 14.8. The van der Waals surface area contributed by atoms with Crippen molar-refractivity contribution < 1.29 is 0 Å². The molecular formula is C22H18N8. The zero-order valence-electron chi connectivity index (χ0n) is 16.1. The minimum atomic E-state index is 0.622. The normalized spacial score (nSPS) is 11.6. The van der Waals surface area contributed by atoms with Crippen molar-refractivity contribution in [3.63, 3.8) is 0 Å². The number of hydrogen-bond donors (Lipinski definition) is 0. The fraction of sp³-hybridized carbons (Fsp3) is 0.0909. The quantitative estimate of drug-likeness (QED) is 0.450. The second-order valence-corrected chi connectivity index (χ2v) is 7.25. The van der Waals surface area contributed by atoms with E-state index in [9.17, 15) is 0 Å². The van der Waals surface area contributed by atoms with Crippen LogP contribution in [0.5, 0.6) is 0 Å². The average Bonchev–Trinajstić information content (AvgIpc) is 3.53. The topological polar surface area (TPSA) is 70.2 Å². The highest BCUT2D eigenvalue weighted by Crippen LogP contribution is 2.19. The minimum Gasteiger partial charge on any atom is -0.307 e. The largest absolute Gasteiger partial charge is 0.307 e. The monoisotopic (exact) mass is 394 g/mol. The van der Waals surface area contributed by atoms with Crippen molar-refractivity contribution in [3.05, 3.63) is 97.4 Å². The molecule has 0 aliphatic carbocycles. The molecule has 8 heteroatoms. The lowest BCUT2D eigenvalue weighted by atomic mass is 10.2. The van der Waals surface area contributed by atoms with Gasteiger partial charge in [0, 0.05) is 48.3 Å². The van der Waals surface area contributed by atoms with Crippen molar-refractivity contribution in [2.75, 3.05) is 0 Å². The Labute approximate surface area is 171 Å². The van der Waals surface area contributed by atoms with E-state index in [1.807, 2.05) is 104 Å². The molecule has 0 aromatic carbocycles. The summed E-state index contributed by atoms with van der Waals surface area (Å²) in [5.41, 5.74) is 5.87. The van der Waals surface area contributed by atoms with Crippen molar-refractivity contribution >= 4 is 11.3 Å². The van der Waals surface area contributed by atoms with Gasteiger partial charge in [-0.1, -0.05) is 12.1 Å². The molecule has 0 N–H and O–H groups in total. The van der Waals surface area contributed by atoms with E-state index in [0.29, 0.717) is 13.1 Å². The van der Waals surface area contributed by atoms with E-state index in [1.54, 1.807) is 0 Å². The summed E-state index contributed by atoms with van der Waals surface area (Å²) in [4.78, 5) is 9.27. The third-order valence-corrected chi connectivity index (χ3v) is 5.08. The predicted molar refractivity (Wildman–Crippen MR) is 112 cm³/mol. The van der Waals surface area contributed by atoms with Crippen LogP contribution < -0.4 is 0 Å². The fourth-order valence-electron chi connectivity index (χ4n) is 3.66. The summed E-state index contributed by atoms with van der Waals surface area (Å²) < 4.78 is 7.83. The van der Waals surface area contributed by atoms with Gasteiger partial charge in [-0.05, 0) is 24.3 Å². The van der Waals surface area contributed by atoms with Crippen molar-refractivity contribution in [2.24, 2.45) is 0 Å². The fourth-order valence-corrected chi connectivity index (χ4v) is 3.66. The molecule has 0 saturated heterocycles. The Kier molecular flexibility index (Phi) is 3.73. The molecule has 6 aromatic rings. The molecule has 0 amide bonds. The van der Waals surface area contributed by atoms with Gasteiger partial charge in [0.2, 0.25) is 0 Å². The van der Waals surface area contributed by atoms with E-state index in [4.69, 9.17) is 0 Å². The van der Waals surface area contributed by atoms with E-state index in [1.165, 1.54) is 0 Å². The number of pyridine rings is 2. The molecule has 0 spiro atoms. The van der Waals surface area contributed by atoms with Crippen LogP contribution in [0.25, 0.3) is 22.4 Å². The lowest BCUT2D eigenvalue weighted by molar-refractivity contribution is 0.675. The van der Waals surface area contributed by atoms with E-state index in [2.05, 4.69) is 20.2 Å². The van der Waals surface area contributed by atoms with Gasteiger partial charge in [0.25, 0.3) is 0 Å². The summed E-state index contributed by atoms with van der Waals surface area (Å²) in [5.74, 6) is 0. The second-order valence-electron chi connectivity index (χ2n) is 7.25. The highest BCUT2D eigenvalue weighted by molar-refractivity contribution is 5.59. The van der Waals surface area contributed by atoms with Gasteiger partial charge < -0.3 is 8.80 Å². The van der Waals surface area contributed by atoms with Gasteiger partial charge in [0.15, 0.2) is 0 Å². The van der Waals surface area contributed by atoms with E-state index >= 15 is 0 Å². The number of fused-ring (bicyclic) bond motifs is 2. The highest BCUT2D eigenvalue weighted by atomic mass is 15.3. The number of hydrogen-bond acceptors (Lipinski definition) is 4. The molecule has 30 heavy (non-hydrogen) atoms. The van der Waals surface area contributed by atoms with Crippen LogP contribution >= 0.6 is 0 Å². The first kappa shape index (κ1) is 16.7. The van der Waals surface area contributed by atoms with Gasteiger partial charge in [-0.2, -0.15) is 10.2 Å². The average molecular weight is 394 g/mol. The smallest absolute Gasteiger partial charge is 0.137 e. The molecule has 0 aliphatic rings. The van der Waals surface area contributed by atoms with Gasteiger partial charge in [0.1, 0.15) is 11.3 Å². The highest BCUT2D eigenvalue weighted by Gasteiger charge is 2.09. The van der Waals surface area contributed by atoms with Crippen molar-refractivity contribution in [3.8, 4) is 11.1 Å². The van der Waals surface area contributed by atoms with Crippen LogP contribution in [0.4, 0.5) is 0 Å². The molecule has 6 aromatic heterocycles. The zero-order valence-corrected chi connectivity index (χ0v) is 16.1. The van der Waals surface area contributed by atoms with Crippen LogP contribution in [0, 0.1) is 0 Å². The summed E-state index contributed by atoms with van der Waals surface area (Å²) in [6.07, 6.45) is 15.8. The molecule has 146 valence electrons. The molecule has 6 rings (SSSR count). The first-order valence-electron chi connectivity index (χ1n) is 9.71. The van der Waals surface area contributed by atoms with E-state index < -0.39 is 0 Å². The molecule has 0 atom stereocenters. The molecule has 8 nitrogen and oxygen atoms in total. The predicted octanol–water partition coefficient (Wildman–Crippen LogP) is 3.14. The van der Waals surface area contributed by atoms with Gasteiger partial charge in [-0.25, -0.2) is 9.97 Å². The van der Waals surface area contributed by atoms with Crippen LogP contribution in [-0.4, -0.2) is 38.3 Å². The maximum atomic E-state index is 4.64. The van der Waals surface area contributed by atoms with E-state index in [0.717, 1.165) is 33.8 Å². The van der Waals surface area contributed by atoms with E-state index in [-0.39, 0.29) is 0 Å². The van der Waals surface area contributed by atoms with Crippen molar-refractivity contribution in [1.82, 2.24) is 38.3 Å². The Morgan fingerprint density at radius 2 is 1.10 bits per heavy atom. The van der Waals surface area contributed by atoms with Gasteiger partial charge >= 0.3 is 0 Å². The van der Waals surface area contributed by atoms with Crippen LogP contribution in [0.3, 0.4) is 0 Å². The molecule has 0 radical (unpaired) electrons. The van der Waals surface area contributed by atoms with Crippen LogP contribution in [0.15, 0.2) is 86.0 Å². The first-order valence-corrected chi connectivity index (χ1v) is 9.71. The Bertz CT molecular complexity index is 1290. The Balaban J connectivity index is 1.20. The SMILES string of the molecule is c1ccn2cc(Cn3cc(-c4cnn(Cc5cn6ccccc6n5)c4)cn3)nc2c1. The Morgan fingerprint density at radius 3 is 1.57 bits per heavy atom. The third kappa shape index (κ3) is 3.04. The molecule has 0 bridgehead atoms. The van der Waals surface area contributed by atoms with Crippen LogP contribution in [0.2, 0.25) is 0 Å². The van der Waals surface area contributed by atoms with Gasteiger partial charge in [-0.3, -0.25) is 9.36 Å². The molecule has 0 saturated carbocycles. The van der Waals surface area contributed by atoms with Gasteiger partial charge in [0.05, 0.1) is 36.9 Å².